The first-order chi connectivity index (χ1) is 16.3. The summed E-state index contributed by atoms with van der Waals surface area (Å²) in [6, 6.07) is 5.34. The molecule has 186 valence electrons. The van der Waals surface area contributed by atoms with Crippen molar-refractivity contribution in [3.8, 4) is 11.4 Å². The summed E-state index contributed by atoms with van der Waals surface area (Å²) in [6.07, 6.45) is 0.208. The number of hydrogen-bond donors (Lipinski definition) is 2. The fraction of sp³-hybridized carbons (Fsp3) is 0.458. The minimum atomic E-state index is -4.47. The van der Waals surface area contributed by atoms with E-state index in [0.717, 1.165) is 23.9 Å². The summed E-state index contributed by atoms with van der Waals surface area (Å²) in [6.45, 7) is 7.57. The molecule has 0 amide bonds. The van der Waals surface area contributed by atoms with Crippen LogP contribution in [0.25, 0.3) is 11.4 Å². The Kier molecular flexibility index (Phi) is 6.06. The lowest BCUT2D eigenvalue weighted by atomic mass is 9.57. The van der Waals surface area contributed by atoms with E-state index in [1.54, 1.807) is 23.9 Å². The Morgan fingerprint density at radius 2 is 1.91 bits per heavy atom. The number of nitrogens with one attached hydrogen (secondary N) is 1. The van der Waals surface area contributed by atoms with Gasteiger partial charge in [-0.15, -0.1) is 5.10 Å². The first-order valence-corrected chi connectivity index (χ1v) is 11.2. The second-order valence-electron chi connectivity index (χ2n) is 9.97. The molecular formula is C24H27F3N6O2. The molecule has 3 heterocycles. The summed E-state index contributed by atoms with van der Waals surface area (Å²) < 4.78 is 40.8. The molecule has 0 bridgehead atoms. The number of aromatic nitrogens is 5. The van der Waals surface area contributed by atoms with Gasteiger partial charge in [-0.3, -0.25) is 4.79 Å². The number of rotatable bonds is 5. The van der Waals surface area contributed by atoms with Gasteiger partial charge in [0.2, 0.25) is 0 Å². The van der Waals surface area contributed by atoms with Crippen LogP contribution in [0.2, 0.25) is 0 Å². The highest BCUT2D eigenvalue weighted by molar-refractivity contribution is 5.75. The van der Waals surface area contributed by atoms with Crippen molar-refractivity contribution in [1.29, 1.82) is 0 Å². The van der Waals surface area contributed by atoms with Crippen molar-refractivity contribution >= 4 is 17.6 Å². The Balaban J connectivity index is 1.56. The number of carboxylic acid groups (broad SMARTS) is 1. The molecular weight excluding hydrogens is 461 g/mol. The Morgan fingerprint density at radius 1 is 1.17 bits per heavy atom. The van der Waals surface area contributed by atoms with E-state index in [1.807, 2.05) is 26.8 Å². The average molecular weight is 489 g/mol. The normalized spacial score (nSPS) is 22.1. The van der Waals surface area contributed by atoms with Crippen LogP contribution in [0, 0.1) is 17.8 Å². The smallest absolute Gasteiger partial charge is 0.416 e. The molecule has 2 N–H and O–H groups in total. The molecule has 4 rings (SSSR count). The van der Waals surface area contributed by atoms with Crippen LogP contribution in [0.15, 0.2) is 36.7 Å². The first kappa shape index (κ1) is 24.6. The topological polar surface area (TPSA) is 106 Å². The van der Waals surface area contributed by atoms with Crippen LogP contribution in [0.5, 0.6) is 0 Å². The van der Waals surface area contributed by atoms with Crippen molar-refractivity contribution in [2.24, 2.45) is 10.8 Å². The van der Waals surface area contributed by atoms with Crippen LogP contribution in [0.3, 0.4) is 0 Å². The fourth-order valence-electron chi connectivity index (χ4n) is 4.57. The summed E-state index contributed by atoms with van der Waals surface area (Å²) in [4.78, 5) is 20.3. The zero-order valence-electron chi connectivity index (χ0n) is 19.9. The summed E-state index contributed by atoms with van der Waals surface area (Å²) in [5.41, 5.74) is -0.211. The molecule has 3 aromatic rings. The van der Waals surface area contributed by atoms with Gasteiger partial charge >= 0.3 is 12.1 Å². The molecule has 2 unspecified atom stereocenters. The number of nitrogens with zero attached hydrogens (tertiary/aromatic N) is 5. The lowest BCUT2D eigenvalue weighted by molar-refractivity contribution is -0.160. The van der Waals surface area contributed by atoms with Crippen molar-refractivity contribution in [3.05, 3.63) is 47.8 Å². The second-order valence-corrected chi connectivity index (χ2v) is 9.97. The third-order valence-corrected chi connectivity index (χ3v) is 7.15. The van der Waals surface area contributed by atoms with Crippen LogP contribution in [0.1, 0.15) is 57.2 Å². The first-order valence-electron chi connectivity index (χ1n) is 11.2. The van der Waals surface area contributed by atoms with Gasteiger partial charge in [-0.25, -0.2) is 14.6 Å². The number of carboxylic acids is 1. The molecule has 0 aliphatic heterocycles. The zero-order valence-corrected chi connectivity index (χ0v) is 19.9. The SMILES string of the molecule is Cc1cc(Nc2cc(C(F)(F)F)ccn2)nc(-c2cn(C3CCC(C)(C(=O)O)C(C)(C)C3)nn2)c1. The summed E-state index contributed by atoms with van der Waals surface area (Å²) in [7, 11) is 0. The molecule has 2 atom stereocenters. The summed E-state index contributed by atoms with van der Waals surface area (Å²) in [5.74, 6) is -0.435. The van der Waals surface area contributed by atoms with E-state index in [1.165, 1.54) is 0 Å². The molecule has 0 aromatic carbocycles. The van der Waals surface area contributed by atoms with E-state index in [-0.39, 0.29) is 11.9 Å². The van der Waals surface area contributed by atoms with E-state index in [2.05, 4.69) is 25.6 Å². The van der Waals surface area contributed by atoms with Crippen molar-refractivity contribution in [3.63, 3.8) is 0 Å². The molecule has 1 saturated carbocycles. The van der Waals surface area contributed by atoms with Gasteiger partial charge in [0.05, 0.1) is 28.9 Å². The molecule has 3 aromatic heterocycles. The highest BCUT2D eigenvalue weighted by Crippen LogP contribution is 2.53. The van der Waals surface area contributed by atoms with Gasteiger partial charge in [0.25, 0.3) is 0 Å². The standard InChI is InChI=1S/C24H27F3N6O2/c1-14-9-17(29-20(10-14)30-19-11-15(6-8-28-19)24(25,26)27)18-13-33(32-31-18)16-5-7-23(4,21(34)35)22(2,3)12-16/h6,8-11,13,16H,5,7,12H2,1-4H3,(H,34,35)(H,28,29,30). The molecule has 1 aliphatic rings. The van der Waals surface area contributed by atoms with Crippen LogP contribution < -0.4 is 5.32 Å². The molecule has 11 heteroatoms. The molecule has 8 nitrogen and oxygen atoms in total. The van der Waals surface area contributed by atoms with Gasteiger partial charge in [-0.05, 0) is 68.4 Å². The van der Waals surface area contributed by atoms with E-state index in [9.17, 15) is 23.1 Å². The number of anilines is 2. The fourth-order valence-corrected chi connectivity index (χ4v) is 4.57. The maximum absolute atomic E-state index is 13.0. The average Bonchev–Trinajstić information content (AvgIpc) is 3.25. The predicted octanol–water partition coefficient (Wildman–Crippen LogP) is 5.65. The summed E-state index contributed by atoms with van der Waals surface area (Å²) >= 11 is 0. The molecule has 0 radical (unpaired) electrons. The maximum atomic E-state index is 13.0. The number of pyridine rings is 2. The number of hydrogen-bond acceptors (Lipinski definition) is 6. The zero-order chi connectivity index (χ0) is 25.6. The quantitative estimate of drug-likeness (QED) is 0.478. The maximum Gasteiger partial charge on any atom is 0.416 e. The van der Waals surface area contributed by atoms with Gasteiger partial charge in [0.1, 0.15) is 17.3 Å². The number of aryl methyl sites for hydroxylation is 1. The van der Waals surface area contributed by atoms with Crippen LogP contribution >= 0.6 is 0 Å². The van der Waals surface area contributed by atoms with Gasteiger partial charge < -0.3 is 10.4 Å². The number of alkyl halides is 3. The molecule has 0 saturated heterocycles. The van der Waals surface area contributed by atoms with E-state index in [4.69, 9.17) is 0 Å². The number of aliphatic carboxylic acids is 1. The minimum absolute atomic E-state index is 0.00427. The third-order valence-electron chi connectivity index (χ3n) is 7.15. The Labute approximate surface area is 200 Å². The van der Waals surface area contributed by atoms with E-state index in [0.29, 0.717) is 36.5 Å². The van der Waals surface area contributed by atoms with Crippen LogP contribution in [-0.2, 0) is 11.0 Å². The molecule has 1 fully saturated rings. The van der Waals surface area contributed by atoms with Gasteiger partial charge in [-0.1, -0.05) is 19.1 Å². The predicted molar refractivity (Wildman–Crippen MR) is 123 cm³/mol. The van der Waals surface area contributed by atoms with Crippen molar-refractivity contribution in [2.45, 2.75) is 59.2 Å². The van der Waals surface area contributed by atoms with Gasteiger partial charge in [-0.2, -0.15) is 13.2 Å². The number of carbonyl (C=O) groups is 1. The van der Waals surface area contributed by atoms with Crippen molar-refractivity contribution in [1.82, 2.24) is 25.0 Å². The Bertz CT molecular complexity index is 1260. The minimum Gasteiger partial charge on any atom is -0.481 e. The highest BCUT2D eigenvalue weighted by atomic mass is 19.4. The van der Waals surface area contributed by atoms with Gasteiger partial charge in [0, 0.05) is 6.20 Å². The van der Waals surface area contributed by atoms with Gasteiger partial charge in [0.15, 0.2) is 0 Å². The summed E-state index contributed by atoms with van der Waals surface area (Å²) in [5, 5.41) is 21.1. The molecule has 35 heavy (non-hydrogen) atoms. The largest absolute Gasteiger partial charge is 0.481 e. The lowest BCUT2D eigenvalue weighted by Gasteiger charge is -2.47. The van der Waals surface area contributed by atoms with Crippen LogP contribution in [-0.4, -0.2) is 36.0 Å². The lowest BCUT2D eigenvalue weighted by Crippen LogP contribution is -2.47. The Morgan fingerprint density at radius 3 is 2.57 bits per heavy atom. The van der Waals surface area contributed by atoms with Crippen molar-refractivity contribution in [2.75, 3.05) is 5.32 Å². The second kappa shape index (κ2) is 8.62. The highest BCUT2D eigenvalue weighted by Gasteiger charge is 2.51. The van der Waals surface area contributed by atoms with Crippen LogP contribution in [0.4, 0.5) is 24.8 Å². The third kappa shape index (κ3) is 4.85. The molecule has 0 spiro atoms. The number of halogens is 3. The molecule has 1 aliphatic carbocycles. The Hall–Kier alpha value is -3.50. The van der Waals surface area contributed by atoms with E-state index >= 15 is 0 Å². The van der Waals surface area contributed by atoms with Crippen molar-refractivity contribution < 1.29 is 23.1 Å². The monoisotopic (exact) mass is 488 g/mol. The van der Waals surface area contributed by atoms with E-state index < -0.39 is 28.5 Å².